The Morgan fingerprint density at radius 2 is 1.54 bits per heavy atom. The lowest BCUT2D eigenvalue weighted by Crippen LogP contribution is -2.09. The van der Waals surface area contributed by atoms with Gasteiger partial charge in [-0.15, -0.1) is 0 Å². The summed E-state index contributed by atoms with van der Waals surface area (Å²) < 4.78 is 9.05. The summed E-state index contributed by atoms with van der Waals surface area (Å²) in [7, 11) is 0. The summed E-state index contributed by atoms with van der Waals surface area (Å²) in [6.07, 6.45) is 0. The van der Waals surface area contributed by atoms with Gasteiger partial charge in [-0.2, -0.15) is 0 Å². The average Bonchev–Trinajstić information content (AvgIpc) is 2.16. The van der Waals surface area contributed by atoms with Gasteiger partial charge in [0.25, 0.3) is 12.3 Å². The summed E-state index contributed by atoms with van der Waals surface area (Å²) in [5.74, 6) is -1.03. The first-order chi connectivity index (χ1) is 6.27. The molecule has 0 N–H and O–H groups in total. The van der Waals surface area contributed by atoms with Crippen molar-refractivity contribution in [1.82, 2.24) is 0 Å². The zero-order valence-electron chi connectivity index (χ0n) is 6.35. The number of fused-ring (bicyclic) bond motifs is 2. The molecular weight excluding hydrogens is 192 g/mol. The first-order valence-electron chi connectivity index (χ1n) is 3.47. The molecule has 0 fully saturated rings. The fourth-order valence-corrected chi connectivity index (χ4v) is 1.30. The molecule has 0 unspecified atom stereocenters. The highest BCUT2D eigenvalue weighted by Crippen LogP contribution is 2.18. The normalized spacial score (nSPS) is 15.4. The SMILES string of the molecule is O=C1OSOC(=O)c2cccc1c2. The van der Waals surface area contributed by atoms with Gasteiger partial charge in [0.2, 0.25) is 0 Å². The van der Waals surface area contributed by atoms with Gasteiger partial charge in [0.15, 0.2) is 0 Å². The van der Waals surface area contributed by atoms with Crippen LogP contribution in [0, 0.1) is 0 Å². The van der Waals surface area contributed by atoms with Gasteiger partial charge in [-0.25, -0.2) is 9.59 Å². The van der Waals surface area contributed by atoms with Crippen molar-refractivity contribution in [3.05, 3.63) is 35.4 Å². The van der Waals surface area contributed by atoms with Crippen LogP contribution in [0.3, 0.4) is 0 Å². The van der Waals surface area contributed by atoms with Crippen molar-refractivity contribution in [3.63, 3.8) is 0 Å². The van der Waals surface area contributed by atoms with Crippen LogP contribution in [0.15, 0.2) is 24.3 Å². The van der Waals surface area contributed by atoms with Crippen molar-refractivity contribution in [2.24, 2.45) is 0 Å². The molecule has 1 aliphatic rings. The van der Waals surface area contributed by atoms with Gasteiger partial charge >= 0.3 is 11.9 Å². The topological polar surface area (TPSA) is 52.6 Å². The molecular formula is C8H4O4S. The molecule has 1 aliphatic heterocycles. The molecule has 1 aromatic carbocycles. The van der Waals surface area contributed by atoms with Crippen molar-refractivity contribution in [2.75, 3.05) is 0 Å². The summed E-state index contributed by atoms with van der Waals surface area (Å²) in [6.45, 7) is 0. The minimum Gasteiger partial charge on any atom is -0.350 e. The number of rotatable bonds is 0. The van der Waals surface area contributed by atoms with E-state index in [-0.39, 0.29) is 0 Å². The van der Waals surface area contributed by atoms with E-state index in [1.165, 1.54) is 6.07 Å². The Bertz CT molecular complexity index is 343. The third kappa shape index (κ3) is 1.50. The monoisotopic (exact) mass is 196 g/mol. The van der Waals surface area contributed by atoms with E-state index in [2.05, 4.69) is 8.37 Å². The summed E-state index contributed by atoms with van der Waals surface area (Å²) >= 11 is 0.387. The predicted octanol–water partition coefficient (Wildman–Crippen LogP) is 1.58. The first kappa shape index (κ1) is 8.12. The molecule has 66 valence electrons. The Kier molecular flexibility index (Phi) is 1.94. The Balaban J connectivity index is 2.51. The second kappa shape index (κ2) is 3.10. The zero-order chi connectivity index (χ0) is 9.26. The van der Waals surface area contributed by atoms with E-state index in [1.807, 2.05) is 0 Å². The van der Waals surface area contributed by atoms with Crippen LogP contribution in [-0.2, 0) is 8.37 Å². The van der Waals surface area contributed by atoms with E-state index >= 15 is 0 Å². The predicted molar refractivity (Wildman–Crippen MR) is 44.9 cm³/mol. The Morgan fingerprint density at radius 3 is 2.08 bits per heavy atom. The number of benzene rings is 1. The van der Waals surface area contributed by atoms with Crippen LogP contribution in [0.5, 0.6) is 0 Å². The first-order valence-corrected chi connectivity index (χ1v) is 4.14. The lowest BCUT2D eigenvalue weighted by molar-refractivity contribution is 0.0693. The molecule has 1 aromatic rings. The Labute approximate surface area is 78.2 Å². The Morgan fingerprint density at radius 1 is 1.00 bits per heavy atom. The molecule has 2 rings (SSSR count). The van der Waals surface area contributed by atoms with Crippen molar-refractivity contribution < 1.29 is 18.0 Å². The third-order valence-electron chi connectivity index (χ3n) is 1.55. The lowest BCUT2D eigenvalue weighted by Gasteiger charge is -2.07. The smallest absolute Gasteiger partial charge is 0.350 e. The largest absolute Gasteiger partial charge is 0.352 e. The van der Waals surface area contributed by atoms with Crippen LogP contribution < -0.4 is 0 Å². The molecule has 4 nitrogen and oxygen atoms in total. The van der Waals surface area contributed by atoms with E-state index in [0.29, 0.717) is 23.5 Å². The van der Waals surface area contributed by atoms with E-state index in [4.69, 9.17) is 0 Å². The molecule has 0 saturated carbocycles. The highest BCUT2D eigenvalue weighted by Gasteiger charge is 2.18. The molecule has 0 amide bonds. The molecule has 13 heavy (non-hydrogen) atoms. The van der Waals surface area contributed by atoms with Gasteiger partial charge in [0, 0.05) is 0 Å². The minimum absolute atomic E-state index is 0.349. The molecule has 0 spiro atoms. The van der Waals surface area contributed by atoms with Crippen molar-refractivity contribution in [1.29, 1.82) is 0 Å². The van der Waals surface area contributed by atoms with Crippen LogP contribution in [0.1, 0.15) is 20.7 Å². The van der Waals surface area contributed by atoms with Gasteiger partial charge in [-0.05, 0) is 18.2 Å². The van der Waals surface area contributed by atoms with E-state index in [0.717, 1.165) is 0 Å². The minimum atomic E-state index is -0.514. The fourth-order valence-electron chi connectivity index (χ4n) is 0.948. The van der Waals surface area contributed by atoms with Crippen molar-refractivity contribution >= 4 is 24.3 Å². The molecule has 0 aromatic heterocycles. The Hall–Kier alpha value is -1.49. The number of hydrogen-bond acceptors (Lipinski definition) is 5. The van der Waals surface area contributed by atoms with Crippen molar-refractivity contribution in [3.8, 4) is 0 Å². The maximum atomic E-state index is 11.1. The highest BCUT2D eigenvalue weighted by molar-refractivity contribution is 7.90. The molecule has 5 heteroatoms. The molecule has 2 bridgehead atoms. The van der Waals surface area contributed by atoms with E-state index < -0.39 is 11.9 Å². The molecule has 0 radical (unpaired) electrons. The second-order valence-electron chi connectivity index (χ2n) is 2.39. The van der Waals surface area contributed by atoms with E-state index in [1.54, 1.807) is 18.2 Å². The summed E-state index contributed by atoms with van der Waals surface area (Å²) in [5, 5.41) is 0. The van der Waals surface area contributed by atoms with Gasteiger partial charge in [0.1, 0.15) is 0 Å². The molecule has 1 heterocycles. The molecule has 0 atom stereocenters. The number of hydrogen-bond donors (Lipinski definition) is 0. The summed E-state index contributed by atoms with van der Waals surface area (Å²) in [4.78, 5) is 22.2. The van der Waals surface area contributed by atoms with Crippen LogP contribution in [0.4, 0.5) is 0 Å². The highest BCUT2D eigenvalue weighted by atomic mass is 32.2. The summed E-state index contributed by atoms with van der Waals surface area (Å²) in [5.41, 5.74) is 0.698. The quantitative estimate of drug-likeness (QED) is 0.589. The maximum absolute atomic E-state index is 11.1. The van der Waals surface area contributed by atoms with Crippen LogP contribution in [0.2, 0.25) is 0 Å². The van der Waals surface area contributed by atoms with Crippen LogP contribution in [-0.4, -0.2) is 11.9 Å². The second-order valence-corrected chi connectivity index (χ2v) is 2.86. The molecule has 0 aliphatic carbocycles. The standard InChI is InChI=1S/C8H4O4S/c9-7-5-2-1-3-6(4-5)8(10)12-13-11-7/h1-4H. The summed E-state index contributed by atoms with van der Waals surface area (Å²) in [6, 6.07) is 6.18. The van der Waals surface area contributed by atoms with Crippen molar-refractivity contribution in [2.45, 2.75) is 0 Å². The van der Waals surface area contributed by atoms with Gasteiger partial charge in [-0.3, -0.25) is 0 Å². The third-order valence-corrected chi connectivity index (χ3v) is 1.99. The van der Waals surface area contributed by atoms with E-state index in [9.17, 15) is 9.59 Å². The molecule has 0 saturated heterocycles. The zero-order valence-corrected chi connectivity index (χ0v) is 7.17. The van der Waals surface area contributed by atoms with Crippen LogP contribution >= 0.6 is 12.3 Å². The lowest BCUT2D eigenvalue weighted by atomic mass is 10.1. The number of carbonyl (C=O) groups is 2. The fraction of sp³-hybridized carbons (Fsp3) is 0. The van der Waals surface area contributed by atoms with Gasteiger partial charge in [0.05, 0.1) is 11.1 Å². The van der Waals surface area contributed by atoms with Gasteiger partial charge in [-0.1, -0.05) is 6.07 Å². The van der Waals surface area contributed by atoms with Crippen LogP contribution in [0.25, 0.3) is 0 Å². The number of carbonyl (C=O) groups excluding carboxylic acids is 2. The van der Waals surface area contributed by atoms with Gasteiger partial charge < -0.3 is 8.37 Å². The maximum Gasteiger partial charge on any atom is 0.352 e. The average molecular weight is 196 g/mol.